The number of hydrogen-bond acceptors (Lipinski definition) is 5. The van der Waals surface area contributed by atoms with Crippen molar-refractivity contribution in [3.8, 4) is 0 Å². The van der Waals surface area contributed by atoms with Gasteiger partial charge < -0.3 is 10.1 Å². The number of amides is 1. The first kappa shape index (κ1) is 20.0. The number of carbonyl (C=O) groups excluding carboxylic acids is 1. The number of methoxy groups -OCH3 is 1. The van der Waals surface area contributed by atoms with Crippen molar-refractivity contribution in [3.63, 3.8) is 0 Å². The maximum absolute atomic E-state index is 12.9. The van der Waals surface area contributed by atoms with Gasteiger partial charge in [-0.1, -0.05) is 19.1 Å². The zero-order valence-electron chi connectivity index (χ0n) is 15.9. The molecular formula is C20H23N3O4S. The van der Waals surface area contributed by atoms with Crippen LogP contribution in [-0.2, 0) is 29.0 Å². The van der Waals surface area contributed by atoms with Crippen molar-refractivity contribution in [2.45, 2.75) is 32.9 Å². The third-order valence-corrected chi connectivity index (χ3v) is 5.38. The number of ether oxygens (including phenoxy) is 1. The van der Waals surface area contributed by atoms with Gasteiger partial charge in [0.2, 0.25) is 5.91 Å². The molecule has 0 spiro atoms. The summed E-state index contributed by atoms with van der Waals surface area (Å²) >= 11 is 1.27. The second-order valence-corrected chi connectivity index (χ2v) is 7.33. The lowest BCUT2D eigenvalue weighted by Crippen LogP contribution is -2.41. The molecule has 0 bridgehead atoms. The second kappa shape index (κ2) is 8.99. The van der Waals surface area contributed by atoms with Gasteiger partial charge in [-0.05, 0) is 42.0 Å². The van der Waals surface area contributed by atoms with Gasteiger partial charge >= 0.3 is 5.69 Å². The highest BCUT2D eigenvalue weighted by Gasteiger charge is 2.16. The number of benzene rings is 1. The smallest absolute Gasteiger partial charge is 0.332 e. The summed E-state index contributed by atoms with van der Waals surface area (Å²) in [5.41, 5.74) is 1.48. The van der Waals surface area contributed by atoms with Gasteiger partial charge in [-0.2, -0.15) is 0 Å². The lowest BCUT2D eigenvalue weighted by molar-refractivity contribution is -0.116. The molecule has 1 amide bonds. The van der Waals surface area contributed by atoms with E-state index in [1.807, 2.05) is 31.2 Å². The number of rotatable bonds is 8. The van der Waals surface area contributed by atoms with Gasteiger partial charge in [0.15, 0.2) is 0 Å². The first-order valence-electron chi connectivity index (χ1n) is 9.13. The fourth-order valence-corrected chi connectivity index (χ4v) is 3.91. The van der Waals surface area contributed by atoms with E-state index in [0.29, 0.717) is 28.9 Å². The van der Waals surface area contributed by atoms with Crippen LogP contribution in [-0.4, -0.2) is 28.8 Å². The standard InChI is InChI=1S/C20H23N3O4S/c1-3-14-6-4-7-15(12-14)21-17(24)13-23-16-8-11-28-18(16)19(25)22(20(23)26)9-5-10-27-2/h4,6-8,11-12H,3,5,9-10,13H2,1-2H3,(H,21,24). The van der Waals surface area contributed by atoms with Crippen LogP contribution >= 0.6 is 11.3 Å². The molecule has 0 aliphatic rings. The number of aromatic nitrogens is 2. The van der Waals surface area contributed by atoms with Crippen LogP contribution in [0.25, 0.3) is 10.2 Å². The van der Waals surface area contributed by atoms with Gasteiger partial charge in [0.05, 0.1) is 5.52 Å². The van der Waals surface area contributed by atoms with E-state index in [4.69, 9.17) is 4.74 Å². The molecule has 0 fully saturated rings. The molecule has 0 atom stereocenters. The van der Waals surface area contributed by atoms with Crippen molar-refractivity contribution in [2.75, 3.05) is 19.0 Å². The molecule has 3 aromatic rings. The molecular weight excluding hydrogens is 378 g/mol. The van der Waals surface area contributed by atoms with Crippen LogP contribution < -0.4 is 16.6 Å². The minimum atomic E-state index is -0.482. The summed E-state index contributed by atoms with van der Waals surface area (Å²) in [4.78, 5) is 38.1. The number of thiophene rings is 1. The molecule has 0 radical (unpaired) electrons. The Labute approximate surface area is 166 Å². The lowest BCUT2D eigenvalue weighted by Gasteiger charge is -2.12. The van der Waals surface area contributed by atoms with Gasteiger partial charge in [0.25, 0.3) is 5.56 Å². The largest absolute Gasteiger partial charge is 0.385 e. The number of nitrogens with one attached hydrogen (secondary N) is 1. The summed E-state index contributed by atoms with van der Waals surface area (Å²) in [6.45, 7) is 2.58. The number of hydrogen-bond donors (Lipinski definition) is 1. The van der Waals surface area contributed by atoms with Crippen molar-refractivity contribution >= 4 is 33.1 Å². The number of fused-ring (bicyclic) bond motifs is 1. The van der Waals surface area contributed by atoms with Crippen LogP contribution in [0.2, 0.25) is 0 Å². The van der Waals surface area contributed by atoms with Crippen LogP contribution in [0.1, 0.15) is 18.9 Å². The van der Waals surface area contributed by atoms with Gasteiger partial charge in [0.1, 0.15) is 11.2 Å². The molecule has 0 unspecified atom stereocenters. The third-order valence-electron chi connectivity index (χ3n) is 4.49. The van der Waals surface area contributed by atoms with E-state index in [2.05, 4.69) is 5.32 Å². The van der Waals surface area contributed by atoms with E-state index >= 15 is 0 Å². The molecule has 0 saturated carbocycles. The summed E-state index contributed by atoms with van der Waals surface area (Å²) in [5, 5.41) is 4.59. The number of anilines is 1. The van der Waals surface area contributed by atoms with Crippen LogP contribution in [0, 0.1) is 0 Å². The van der Waals surface area contributed by atoms with E-state index in [1.54, 1.807) is 18.6 Å². The van der Waals surface area contributed by atoms with Gasteiger partial charge in [-0.15, -0.1) is 11.3 Å². The van der Waals surface area contributed by atoms with Crippen molar-refractivity contribution in [1.82, 2.24) is 9.13 Å². The summed E-state index contributed by atoms with van der Waals surface area (Å²) in [6.07, 6.45) is 1.41. The predicted molar refractivity (Wildman–Crippen MR) is 111 cm³/mol. The van der Waals surface area contributed by atoms with Crippen LogP contribution in [0.15, 0.2) is 45.3 Å². The molecule has 0 aliphatic carbocycles. The molecule has 8 heteroatoms. The van der Waals surface area contributed by atoms with E-state index in [-0.39, 0.29) is 24.6 Å². The molecule has 2 aromatic heterocycles. The summed E-state index contributed by atoms with van der Waals surface area (Å²) in [5.74, 6) is -0.315. The van der Waals surface area contributed by atoms with E-state index in [0.717, 1.165) is 12.0 Å². The Kier molecular flexibility index (Phi) is 6.43. The Morgan fingerprint density at radius 3 is 2.79 bits per heavy atom. The molecule has 1 aromatic carbocycles. The van der Waals surface area contributed by atoms with Crippen LogP contribution in [0.3, 0.4) is 0 Å². The highest BCUT2D eigenvalue weighted by Crippen LogP contribution is 2.16. The molecule has 7 nitrogen and oxygen atoms in total. The van der Waals surface area contributed by atoms with E-state index in [9.17, 15) is 14.4 Å². The predicted octanol–water partition coefficient (Wildman–Crippen LogP) is 2.46. The molecule has 148 valence electrons. The Morgan fingerprint density at radius 2 is 2.04 bits per heavy atom. The van der Waals surface area contributed by atoms with Crippen LogP contribution in [0.5, 0.6) is 0 Å². The zero-order chi connectivity index (χ0) is 20.1. The molecule has 0 aliphatic heterocycles. The van der Waals surface area contributed by atoms with Crippen molar-refractivity contribution in [2.24, 2.45) is 0 Å². The zero-order valence-corrected chi connectivity index (χ0v) is 16.8. The average Bonchev–Trinajstić information content (AvgIpc) is 3.18. The fourth-order valence-electron chi connectivity index (χ4n) is 3.06. The molecule has 3 rings (SSSR count). The summed E-state index contributed by atoms with van der Waals surface area (Å²) in [7, 11) is 1.57. The van der Waals surface area contributed by atoms with E-state index < -0.39 is 5.69 Å². The lowest BCUT2D eigenvalue weighted by atomic mass is 10.1. The third kappa shape index (κ3) is 4.23. The van der Waals surface area contributed by atoms with E-state index in [1.165, 1.54) is 20.5 Å². The SMILES string of the molecule is CCc1cccc(NC(=O)Cn2c(=O)n(CCCOC)c(=O)c3sccc32)c1. The van der Waals surface area contributed by atoms with Gasteiger partial charge in [-0.3, -0.25) is 18.7 Å². The van der Waals surface area contributed by atoms with Crippen molar-refractivity contribution < 1.29 is 9.53 Å². The Morgan fingerprint density at radius 1 is 1.21 bits per heavy atom. The molecule has 1 N–H and O–H groups in total. The monoisotopic (exact) mass is 401 g/mol. The van der Waals surface area contributed by atoms with Gasteiger partial charge in [0, 0.05) is 25.9 Å². The molecule has 28 heavy (non-hydrogen) atoms. The van der Waals surface area contributed by atoms with Gasteiger partial charge in [-0.25, -0.2) is 4.79 Å². The average molecular weight is 401 g/mol. The Hall–Kier alpha value is -2.71. The van der Waals surface area contributed by atoms with Crippen molar-refractivity contribution in [3.05, 3.63) is 62.1 Å². The summed E-state index contributed by atoms with van der Waals surface area (Å²) < 4.78 is 8.02. The normalized spacial score (nSPS) is 11.1. The maximum atomic E-state index is 12.9. The highest BCUT2D eigenvalue weighted by atomic mass is 32.1. The highest BCUT2D eigenvalue weighted by molar-refractivity contribution is 7.17. The number of aryl methyl sites for hydroxylation is 1. The second-order valence-electron chi connectivity index (χ2n) is 6.41. The molecule has 2 heterocycles. The molecule has 0 saturated heterocycles. The van der Waals surface area contributed by atoms with Crippen molar-refractivity contribution in [1.29, 1.82) is 0 Å². The maximum Gasteiger partial charge on any atom is 0.332 e. The quantitative estimate of drug-likeness (QED) is 0.588. The summed E-state index contributed by atoms with van der Waals surface area (Å²) in [6, 6.07) is 9.30. The van der Waals surface area contributed by atoms with Crippen LogP contribution in [0.4, 0.5) is 5.69 Å². The first-order valence-corrected chi connectivity index (χ1v) is 10.0. The topological polar surface area (TPSA) is 82.3 Å². The number of nitrogens with zero attached hydrogens (tertiary/aromatic N) is 2. The number of carbonyl (C=O) groups is 1. The minimum Gasteiger partial charge on any atom is -0.385 e. The first-order chi connectivity index (χ1) is 13.5. The Balaban J connectivity index is 1.91. The fraction of sp³-hybridized carbons (Fsp3) is 0.350. The minimum absolute atomic E-state index is 0.160. The Bertz CT molecular complexity index is 1100.